The Hall–Kier alpha value is 0. The fraction of sp³-hybridized carbons (Fsp3) is 1.00. The fourth-order valence-corrected chi connectivity index (χ4v) is 5.89. The molecule has 0 aromatic rings. The predicted octanol–water partition coefficient (Wildman–Crippen LogP) is 6.98. The maximum absolute atomic E-state index is 2.54. The molecule has 0 aromatic heterocycles. The van der Waals surface area contributed by atoms with Crippen molar-refractivity contribution in [1.29, 1.82) is 0 Å². The summed E-state index contributed by atoms with van der Waals surface area (Å²) < 4.78 is 0. The van der Waals surface area contributed by atoms with E-state index in [9.17, 15) is 0 Å². The zero-order valence-electron chi connectivity index (χ0n) is 14.5. The highest BCUT2D eigenvalue weighted by Crippen LogP contribution is 2.44. The van der Waals surface area contributed by atoms with Crippen LogP contribution in [0.2, 0.25) is 0 Å². The minimum Gasteiger partial charge on any atom is -0.0622 e. The van der Waals surface area contributed by atoms with Crippen LogP contribution in [0, 0.1) is 29.6 Å². The van der Waals surface area contributed by atoms with Crippen LogP contribution >= 0.6 is 0 Å². The van der Waals surface area contributed by atoms with E-state index in [4.69, 9.17) is 0 Å². The maximum atomic E-state index is 2.54. The van der Waals surface area contributed by atoms with E-state index >= 15 is 0 Å². The van der Waals surface area contributed by atoms with E-state index in [2.05, 4.69) is 6.92 Å². The van der Waals surface area contributed by atoms with Gasteiger partial charge in [-0.2, -0.15) is 0 Å². The van der Waals surface area contributed by atoms with Crippen molar-refractivity contribution in [2.45, 2.75) is 103 Å². The summed E-state index contributed by atoms with van der Waals surface area (Å²) >= 11 is 0. The lowest BCUT2D eigenvalue weighted by atomic mass is 9.67. The van der Waals surface area contributed by atoms with Gasteiger partial charge >= 0.3 is 0 Å². The Labute approximate surface area is 133 Å². The quantitative estimate of drug-likeness (QED) is 0.524. The molecule has 0 heteroatoms. The van der Waals surface area contributed by atoms with Gasteiger partial charge in [0.15, 0.2) is 0 Å². The largest absolute Gasteiger partial charge is 0.0622 e. The van der Waals surface area contributed by atoms with Crippen LogP contribution in [0.3, 0.4) is 0 Å². The van der Waals surface area contributed by atoms with Crippen LogP contribution in [-0.4, -0.2) is 0 Å². The highest BCUT2D eigenvalue weighted by molar-refractivity contribution is 4.83. The molecule has 0 heterocycles. The normalized spacial score (nSPS) is 39.3. The molecule has 0 aliphatic heterocycles. The molecule has 122 valence electrons. The van der Waals surface area contributed by atoms with E-state index < -0.39 is 0 Å². The molecule has 0 bridgehead atoms. The zero-order chi connectivity index (χ0) is 14.5. The van der Waals surface area contributed by atoms with Crippen molar-refractivity contribution in [3.05, 3.63) is 0 Å². The van der Waals surface area contributed by atoms with Gasteiger partial charge in [0.2, 0.25) is 0 Å². The van der Waals surface area contributed by atoms with Gasteiger partial charge in [-0.3, -0.25) is 0 Å². The Morgan fingerprint density at radius 3 is 1.71 bits per heavy atom. The second-order valence-electron chi connectivity index (χ2n) is 8.80. The van der Waals surface area contributed by atoms with E-state index in [0.29, 0.717) is 0 Å². The van der Waals surface area contributed by atoms with Crippen molar-refractivity contribution in [1.82, 2.24) is 0 Å². The molecule has 3 aliphatic rings. The highest BCUT2D eigenvalue weighted by Gasteiger charge is 2.32. The molecule has 0 N–H and O–H groups in total. The first kappa shape index (κ1) is 15.9. The van der Waals surface area contributed by atoms with Crippen LogP contribution in [0.4, 0.5) is 0 Å². The highest BCUT2D eigenvalue weighted by atomic mass is 14.4. The summed E-state index contributed by atoms with van der Waals surface area (Å²) in [5.41, 5.74) is 0. The summed E-state index contributed by atoms with van der Waals surface area (Å²) in [4.78, 5) is 0. The van der Waals surface area contributed by atoms with Crippen LogP contribution in [0.25, 0.3) is 0 Å². The van der Waals surface area contributed by atoms with Crippen LogP contribution in [0.1, 0.15) is 103 Å². The Kier molecular flexibility index (Phi) is 6.07. The van der Waals surface area contributed by atoms with Crippen LogP contribution in [0.5, 0.6) is 0 Å². The first-order chi connectivity index (χ1) is 10.3. The second kappa shape index (κ2) is 8.02. The molecule has 3 saturated carbocycles. The summed E-state index contributed by atoms with van der Waals surface area (Å²) in [6.45, 7) is 2.54. The van der Waals surface area contributed by atoms with Crippen molar-refractivity contribution in [2.75, 3.05) is 0 Å². The molecule has 4 unspecified atom stereocenters. The topological polar surface area (TPSA) is 0 Å². The standard InChI is InChI=1S/C21H38/c1-17-9-5-6-12-19(17)16-21-14-8-7-13-20(21)15-18-10-3-2-4-11-18/h17-21H,2-16H2,1H3. The number of hydrogen-bond acceptors (Lipinski definition) is 0. The molecule has 3 aliphatic carbocycles. The van der Waals surface area contributed by atoms with Crippen molar-refractivity contribution < 1.29 is 0 Å². The molecular formula is C21H38. The number of rotatable bonds is 4. The molecular weight excluding hydrogens is 252 g/mol. The van der Waals surface area contributed by atoms with Gasteiger partial charge < -0.3 is 0 Å². The first-order valence-electron chi connectivity index (χ1n) is 10.3. The SMILES string of the molecule is CC1CCCCC1CC1CCCCC1CC1CCCCC1. The van der Waals surface area contributed by atoms with E-state index in [1.165, 1.54) is 51.4 Å². The smallest absolute Gasteiger partial charge is 0.0383 e. The van der Waals surface area contributed by atoms with Crippen molar-refractivity contribution >= 4 is 0 Å². The van der Waals surface area contributed by atoms with Gasteiger partial charge in [0.1, 0.15) is 0 Å². The molecule has 0 aromatic carbocycles. The van der Waals surface area contributed by atoms with Gasteiger partial charge in [0, 0.05) is 0 Å². The predicted molar refractivity (Wildman–Crippen MR) is 92.4 cm³/mol. The van der Waals surface area contributed by atoms with E-state index in [1.807, 2.05) is 0 Å². The second-order valence-corrected chi connectivity index (χ2v) is 8.80. The van der Waals surface area contributed by atoms with Crippen molar-refractivity contribution in [3.8, 4) is 0 Å². The third kappa shape index (κ3) is 4.49. The van der Waals surface area contributed by atoms with Gasteiger partial charge in [-0.15, -0.1) is 0 Å². The van der Waals surface area contributed by atoms with E-state index in [1.54, 1.807) is 44.9 Å². The van der Waals surface area contributed by atoms with Gasteiger partial charge in [-0.05, 0) is 42.4 Å². The average molecular weight is 291 g/mol. The number of hydrogen-bond donors (Lipinski definition) is 0. The van der Waals surface area contributed by atoms with Crippen LogP contribution < -0.4 is 0 Å². The van der Waals surface area contributed by atoms with Gasteiger partial charge in [0.25, 0.3) is 0 Å². The van der Waals surface area contributed by atoms with E-state index in [-0.39, 0.29) is 0 Å². The minimum absolute atomic E-state index is 1.02. The van der Waals surface area contributed by atoms with Gasteiger partial charge in [-0.1, -0.05) is 90.4 Å². The van der Waals surface area contributed by atoms with Gasteiger partial charge in [0.05, 0.1) is 0 Å². The monoisotopic (exact) mass is 290 g/mol. The first-order valence-corrected chi connectivity index (χ1v) is 10.3. The molecule has 21 heavy (non-hydrogen) atoms. The summed E-state index contributed by atoms with van der Waals surface area (Å²) in [6, 6.07) is 0. The third-order valence-corrected chi connectivity index (χ3v) is 7.32. The average Bonchev–Trinajstić information content (AvgIpc) is 2.52. The lowest BCUT2D eigenvalue weighted by Crippen LogP contribution is -2.28. The van der Waals surface area contributed by atoms with Crippen LogP contribution in [0.15, 0.2) is 0 Å². The van der Waals surface area contributed by atoms with Crippen LogP contribution in [-0.2, 0) is 0 Å². The Morgan fingerprint density at radius 2 is 1.05 bits per heavy atom. The molecule has 4 atom stereocenters. The maximum Gasteiger partial charge on any atom is -0.0383 e. The lowest BCUT2D eigenvalue weighted by Gasteiger charge is -2.39. The molecule has 0 radical (unpaired) electrons. The van der Waals surface area contributed by atoms with Gasteiger partial charge in [-0.25, -0.2) is 0 Å². The van der Waals surface area contributed by atoms with E-state index in [0.717, 1.165) is 29.6 Å². The lowest BCUT2D eigenvalue weighted by molar-refractivity contribution is 0.122. The minimum atomic E-state index is 1.02. The Morgan fingerprint density at radius 1 is 0.524 bits per heavy atom. The van der Waals surface area contributed by atoms with Crippen molar-refractivity contribution in [2.24, 2.45) is 29.6 Å². The summed E-state index contributed by atoms with van der Waals surface area (Å²) in [5.74, 6) is 5.42. The summed E-state index contributed by atoms with van der Waals surface area (Å²) in [6.07, 6.45) is 23.2. The molecule has 0 amide bonds. The summed E-state index contributed by atoms with van der Waals surface area (Å²) in [5, 5.41) is 0. The molecule has 0 nitrogen and oxygen atoms in total. The molecule has 3 rings (SSSR count). The Bertz CT molecular complexity index is 288. The van der Waals surface area contributed by atoms with Crippen molar-refractivity contribution in [3.63, 3.8) is 0 Å². The molecule has 3 fully saturated rings. The molecule has 0 saturated heterocycles. The molecule has 0 spiro atoms. The third-order valence-electron chi connectivity index (χ3n) is 7.32. The summed E-state index contributed by atoms with van der Waals surface area (Å²) in [7, 11) is 0. The zero-order valence-corrected chi connectivity index (χ0v) is 14.5. The fourth-order valence-electron chi connectivity index (χ4n) is 5.89. The Balaban J connectivity index is 1.53.